The second-order valence-electron chi connectivity index (χ2n) is 8.62. The van der Waals surface area contributed by atoms with E-state index in [-0.39, 0.29) is 12.1 Å². The molecule has 0 aromatic carbocycles. The quantitative estimate of drug-likeness (QED) is 0.805. The molecule has 0 radical (unpaired) electrons. The van der Waals surface area contributed by atoms with Crippen molar-refractivity contribution in [2.75, 3.05) is 24.5 Å². The van der Waals surface area contributed by atoms with Crippen molar-refractivity contribution < 1.29 is 9.53 Å². The number of hydrogen-bond donors (Lipinski definition) is 0. The number of aromatic nitrogens is 3. The fourth-order valence-electron chi connectivity index (χ4n) is 3.77. The van der Waals surface area contributed by atoms with Gasteiger partial charge in [0, 0.05) is 37.5 Å². The van der Waals surface area contributed by atoms with Gasteiger partial charge in [0.1, 0.15) is 11.4 Å². The summed E-state index contributed by atoms with van der Waals surface area (Å²) in [6.45, 7) is 10.6. The lowest BCUT2D eigenvalue weighted by molar-refractivity contribution is 0.00898. The Morgan fingerprint density at radius 3 is 2.59 bits per heavy atom. The number of aryl methyl sites for hydroxylation is 1. The van der Waals surface area contributed by atoms with E-state index in [0.29, 0.717) is 6.54 Å². The Kier molecular flexibility index (Phi) is 4.48. The van der Waals surface area contributed by atoms with Crippen LogP contribution in [-0.2, 0) is 4.74 Å². The minimum atomic E-state index is -0.498. The van der Waals surface area contributed by atoms with Crippen LogP contribution in [0.5, 0.6) is 0 Å². The summed E-state index contributed by atoms with van der Waals surface area (Å²) in [5, 5.41) is 4.80. The van der Waals surface area contributed by atoms with E-state index in [1.54, 1.807) is 0 Å². The molecular weight excluding hydrogens is 342 g/mol. The van der Waals surface area contributed by atoms with E-state index in [4.69, 9.17) is 14.8 Å². The zero-order chi connectivity index (χ0) is 19.2. The molecule has 27 heavy (non-hydrogen) atoms. The second kappa shape index (κ2) is 6.69. The van der Waals surface area contributed by atoms with Gasteiger partial charge in [-0.1, -0.05) is 0 Å². The lowest BCUT2D eigenvalue weighted by atomic mass is 10.00. The molecule has 2 aromatic heterocycles. The molecule has 0 spiro atoms. The summed E-state index contributed by atoms with van der Waals surface area (Å²) in [5.41, 5.74) is 2.31. The second-order valence-corrected chi connectivity index (χ2v) is 8.62. The van der Waals surface area contributed by atoms with Crippen LogP contribution in [0.2, 0.25) is 0 Å². The normalized spacial score (nSPS) is 20.7. The minimum absolute atomic E-state index is 0.0536. The monoisotopic (exact) mass is 371 g/mol. The Morgan fingerprint density at radius 1 is 1.15 bits per heavy atom. The third kappa shape index (κ3) is 3.59. The summed E-state index contributed by atoms with van der Waals surface area (Å²) in [7, 11) is 0. The molecule has 0 aliphatic carbocycles. The predicted octanol–water partition coefficient (Wildman–Crippen LogP) is 3.71. The van der Waals surface area contributed by atoms with E-state index >= 15 is 0 Å². The zero-order valence-corrected chi connectivity index (χ0v) is 16.7. The van der Waals surface area contributed by atoms with Gasteiger partial charge in [0.2, 0.25) is 0 Å². The molecule has 7 nitrogen and oxygen atoms in total. The van der Waals surface area contributed by atoms with Gasteiger partial charge in [0.15, 0.2) is 5.65 Å². The molecule has 2 aromatic rings. The molecule has 1 amide bonds. The molecule has 2 aliphatic rings. The van der Waals surface area contributed by atoms with E-state index < -0.39 is 5.60 Å². The fourth-order valence-corrected chi connectivity index (χ4v) is 3.77. The van der Waals surface area contributed by atoms with Gasteiger partial charge in [-0.15, -0.1) is 0 Å². The van der Waals surface area contributed by atoms with Crippen LogP contribution < -0.4 is 4.90 Å². The average molecular weight is 371 g/mol. The number of rotatable bonds is 2. The molecule has 146 valence electrons. The van der Waals surface area contributed by atoms with E-state index in [0.717, 1.165) is 55.2 Å². The number of carbonyl (C=O) groups is 1. The van der Waals surface area contributed by atoms with Gasteiger partial charge in [-0.25, -0.2) is 14.3 Å². The van der Waals surface area contributed by atoms with Crippen LogP contribution in [0.1, 0.15) is 63.9 Å². The first kappa shape index (κ1) is 18.1. The Morgan fingerprint density at radius 2 is 1.93 bits per heavy atom. The Bertz CT molecular complexity index is 850. The molecule has 1 atom stereocenters. The predicted molar refractivity (Wildman–Crippen MR) is 104 cm³/mol. The summed E-state index contributed by atoms with van der Waals surface area (Å²) in [4.78, 5) is 21.6. The molecule has 0 N–H and O–H groups in total. The maximum Gasteiger partial charge on any atom is 0.410 e. The number of fused-ring (bicyclic) bond motifs is 1. The van der Waals surface area contributed by atoms with Crippen molar-refractivity contribution in [1.29, 1.82) is 0 Å². The molecule has 4 heterocycles. The maximum absolute atomic E-state index is 12.7. The van der Waals surface area contributed by atoms with Crippen LogP contribution in [0.15, 0.2) is 12.1 Å². The molecule has 2 saturated heterocycles. The molecule has 4 rings (SSSR count). The van der Waals surface area contributed by atoms with Gasteiger partial charge in [0.25, 0.3) is 0 Å². The highest BCUT2D eigenvalue weighted by Crippen LogP contribution is 2.32. The Hall–Kier alpha value is -2.31. The number of amides is 1. The molecule has 2 aliphatic heterocycles. The highest BCUT2D eigenvalue weighted by Gasteiger charge is 2.33. The van der Waals surface area contributed by atoms with Gasteiger partial charge in [-0.3, -0.25) is 4.90 Å². The molecule has 2 fully saturated rings. The van der Waals surface area contributed by atoms with Crippen molar-refractivity contribution >= 4 is 17.6 Å². The number of nitrogens with zero attached hydrogens (tertiary/aromatic N) is 5. The van der Waals surface area contributed by atoms with Crippen molar-refractivity contribution in [3.05, 3.63) is 23.5 Å². The standard InChI is InChI=1S/C20H29N5O2/c1-14-12-17(23-9-7-10-23)21-18-13-15(22-25(14)18)16-8-5-6-11-24(16)19(26)27-20(2,3)4/h12-13,16H,5-11H2,1-4H3. The van der Waals surface area contributed by atoms with E-state index in [2.05, 4.69) is 17.9 Å². The number of ether oxygens (including phenoxy) is 1. The van der Waals surface area contributed by atoms with Gasteiger partial charge in [-0.2, -0.15) is 5.10 Å². The van der Waals surface area contributed by atoms with E-state index in [9.17, 15) is 4.79 Å². The van der Waals surface area contributed by atoms with Gasteiger partial charge in [-0.05, 0) is 53.4 Å². The summed E-state index contributed by atoms with van der Waals surface area (Å²) in [6, 6.07) is 4.07. The van der Waals surface area contributed by atoms with Crippen molar-refractivity contribution in [2.24, 2.45) is 0 Å². The number of piperidine rings is 1. The van der Waals surface area contributed by atoms with Crippen LogP contribution in [0.4, 0.5) is 10.6 Å². The highest BCUT2D eigenvalue weighted by atomic mass is 16.6. The molecule has 1 unspecified atom stereocenters. The van der Waals surface area contributed by atoms with Crippen molar-refractivity contribution in [1.82, 2.24) is 19.5 Å². The summed E-state index contributed by atoms with van der Waals surface area (Å²) < 4.78 is 7.52. The van der Waals surface area contributed by atoms with Gasteiger partial charge < -0.3 is 9.64 Å². The number of hydrogen-bond acceptors (Lipinski definition) is 5. The zero-order valence-electron chi connectivity index (χ0n) is 16.7. The highest BCUT2D eigenvalue weighted by molar-refractivity contribution is 5.69. The van der Waals surface area contributed by atoms with E-state index in [1.807, 2.05) is 36.3 Å². The molecule has 0 bridgehead atoms. The first-order chi connectivity index (χ1) is 12.8. The lowest BCUT2D eigenvalue weighted by Crippen LogP contribution is -2.42. The van der Waals surface area contributed by atoms with Crippen molar-refractivity contribution in [3.8, 4) is 0 Å². The topological polar surface area (TPSA) is 63.0 Å². The smallest absolute Gasteiger partial charge is 0.410 e. The van der Waals surface area contributed by atoms with Crippen LogP contribution >= 0.6 is 0 Å². The van der Waals surface area contributed by atoms with Crippen LogP contribution in [-0.4, -0.2) is 50.8 Å². The van der Waals surface area contributed by atoms with Crippen molar-refractivity contribution in [3.63, 3.8) is 0 Å². The minimum Gasteiger partial charge on any atom is -0.444 e. The third-order valence-corrected chi connectivity index (χ3v) is 5.26. The summed E-state index contributed by atoms with van der Waals surface area (Å²) in [6.07, 6.45) is 3.96. The molecular formula is C20H29N5O2. The Balaban J connectivity index is 1.64. The van der Waals surface area contributed by atoms with Crippen LogP contribution in [0.25, 0.3) is 5.65 Å². The number of anilines is 1. The first-order valence-corrected chi connectivity index (χ1v) is 9.94. The Labute approximate surface area is 160 Å². The summed E-state index contributed by atoms with van der Waals surface area (Å²) in [5.74, 6) is 1.02. The van der Waals surface area contributed by atoms with Crippen LogP contribution in [0.3, 0.4) is 0 Å². The van der Waals surface area contributed by atoms with Gasteiger partial charge in [0.05, 0.1) is 11.7 Å². The SMILES string of the molecule is Cc1cc(N2CCC2)nc2cc(C3CCCCN3C(=O)OC(C)(C)C)nn12. The number of carbonyl (C=O) groups excluding carboxylic acids is 1. The van der Waals surface area contributed by atoms with E-state index in [1.165, 1.54) is 6.42 Å². The molecule has 0 saturated carbocycles. The van der Waals surface area contributed by atoms with Crippen molar-refractivity contribution in [2.45, 2.75) is 65.0 Å². The first-order valence-electron chi connectivity index (χ1n) is 9.94. The van der Waals surface area contributed by atoms with Crippen LogP contribution in [0, 0.1) is 6.92 Å². The fraction of sp³-hybridized carbons (Fsp3) is 0.650. The summed E-state index contributed by atoms with van der Waals surface area (Å²) >= 11 is 0. The number of likely N-dealkylation sites (tertiary alicyclic amines) is 1. The largest absolute Gasteiger partial charge is 0.444 e. The molecule has 7 heteroatoms. The average Bonchev–Trinajstić information content (AvgIpc) is 2.96. The lowest BCUT2D eigenvalue weighted by Gasteiger charge is -2.35. The maximum atomic E-state index is 12.7. The third-order valence-electron chi connectivity index (χ3n) is 5.26. The van der Waals surface area contributed by atoms with Gasteiger partial charge >= 0.3 is 6.09 Å².